The second-order valence-electron chi connectivity index (χ2n) is 10.1. The first kappa shape index (κ1) is 16.7. The molecule has 2 aromatic rings. The molecule has 4 rings (SSSR count). The van der Waals surface area contributed by atoms with Gasteiger partial charge >= 0.3 is 12.2 Å². The van der Waals surface area contributed by atoms with E-state index in [-0.39, 0.29) is 34.9 Å². The van der Waals surface area contributed by atoms with Crippen LogP contribution in [-0.2, 0) is 16.9 Å². The number of aryl methyl sites for hydroxylation is 1. The molecule has 43 heavy (non-hydrogen) atoms. The third-order valence-electron chi connectivity index (χ3n) is 7.01. The maximum Gasteiger partial charge on any atom is 0.416 e. The van der Waals surface area contributed by atoms with Crippen LogP contribution in [0.1, 0.15) is 96.7 Å². The summed E-state index contributed by atoms with van der Waals surface area (Å²) < 4.78 is 229. The van der Waals surface area contributed by atoms with E-state index in [4.69, 9.17) is 23.3 Å². The summed E-state index contributed by atoms with van der Waals surface area (Å²) in [5.41, 5.74) is -5.93. The van der Waals surface area contributed by atoms with Crippen LogP contribution in [0.5, 0.6) is 0 Å². The number of piperidine rings is 1. The van der Waals surface area contributed by atoms with Gasteiger partial charge in [0.2, 0.25) is 5.91 Å². The van der Waals surface area contributed by atoms with Gasteiger partial charge < -0.3 is 14.7 Å². The topological polar surface area (TPSA) is 47.1 Å². The molecule has 0 N–H and O–H groups in total. The van der Waals surface area contributed by atoms with Gasteiger partial charge in [0.25, 0.3) is 5.92 Å². The average Bonchev–Trinajstić information content (AvgIpc) is 3.03. The van der Waals surface area contributed by atoms with Crippen LogP contribution in [0, 0.1) is 12.7 Å². The summed E-state index contributed by atoms with van der Waals surface area (Å²) in [7, 11) is 0. The molecule has 236 valence electrons. The summed E-state index contributed by atoms with van der Waals surface area (Å²) in [4.78, 5) is 27.2. The number of piperazine rings is 1. The van der Waals surface area contributed by atoms with Crippen molar-refractivity contribution in [2.75, 3.05) is 39.5 Å². The number of urea groups is 1. The molecule has 0 saturated carbocycles. The summed E-state index contributed by atoms with van der Waals surface area (Å²) in [6.45, 7) is -25.8. The zero-order valence-corrected chi connectivity index (χ0v) is 22.7. The van der Waals surface area contributed by atoms with Gasteiger partial charge in [-0.15, -0.1) is 0 Å². The maximum atomic E-state index is 14.8. The van der Waals surface area contributed by atoms with Gasteiger partial charge in [-0.1, -0.05) is 6.07 Å². The Hall–Kier alpha value is -3.28. The molecule has 2 aliphatic heterocycles. The van der Waals surface area contributed by atoms with Crippen LogP contribution in [0.25, 0.3) is 0 Å². The lowest BCUT2D eigenvalue weighted by Crippen LogP contribution is -2.56. The van der Waals surface area contributed by atoms with E-state index in [0.29, 0.717) is 24.0 Å². The molecule has 0 radical (unpaired) electrons. The van der Waals surface area contributed by atoms with Gasteiger partial charge in [0.05, 0.1) is 23.1 Å². The van der Waals surface area contributed by atoms with Gasteiger partial charge in [0, 0.05) is 82.8 Å². The van der Waals surface area contributed by atoms with Crippen molar-refractivity contribution in [2.24, 2.45) is 0 Å². The summed E-state index contributed by atoms with van der Waals surface area (Å²) in [5, 5.41) is 0. The molecule has 3 atom stereocenters. The average molecular weight is 630 g/mol. The minimum absolute atomic E-state index is 0.00836. The number of rotatable bonds is 5. The minimum atomic E-state index is -5.41. The monoisotopic (exact) mass is 629 g/mol. The van der Waals surface area contributed by atoms with Gasteiger partial charge in [-0.05, 0) is 73.6 Å². The van der Waals surface area contributed by atoms with Gasteiger partial charge in [0.15, 0.2) is 0 Å². The zero-order chi connectivity index (χ0) is 46.5. The van der Waals surface area contributed by atoms with Crippen molar-refractivity contribution in [1.29, 1.82) is 0 Å². The third-order valence-corrected chi connectivity index (χ3v) is 7.01. The van der Waals surface area contributed by atoms with Gasteiger partial charge in [-0.25, -0.2) is 18.0 Å². The quantitative estimate of drug-likeness (QED) is 0.344. The predicted octanol–water partition coefficient (Wildman–Crippen LogP) is 6.75. The molecular formula is C31H38F6N4O2. The van der Waals surface area contributed by atoms with Crippen LogP contribution in [0.3, 0.4) is 0 Å². The highest BCUT2D eigenvalue weighted by atomic mass is 19.4. The largest absolute Gasteiger partial charge is 0.416 e. The van der Waals surface area contributed by atoms with Crippen LogP contribution in [0.2, 0.25) is 0 Å². The first-order chi connectivity index (χ1) is 26.6. The van der Waals surface area contributed by atoms with Crippen molar-refractivity contribution in [2.45, 2.75) is 70.6 Å². The summed E-state index contributed by atoms with van der Waals surface area (Å²) in [5.74, 6) is -6.67. The number of nitrogens with zero attached hydrogens (tertiary/aromatic N) is 4. The van der Waals surface area contributed by atoms with Crippen molar-refractivity contribution in [3.8, 4) is 0 Å². The molecule has 2 aromatic carbocycles. The molecule has 3 amide bonds. The molecule has 2 fully saturated rings. The molecule has 2 aliphatic rings. The SMILES string of the molecule is [2H]C([2H])([2H])c1cc(F)ccc1[C@H]1C[C@@H](N2C([2H])([2H])C([2H])([2H])N(C(C)=O)C([2H])([2H])C2([2H])[2H])CCN1C(=O)N([C@@H](c1cc(C(C)(F)F)cc(C(F)(F)F)c1)C([2H])([2H])[2H])C([2H])([2H])[2H]. The van der Waals surface area contributed by atoms with E-state index in [0.717, 1.165) is 6.07 Å². The number of carbonyl (C=O) groups is 2. The van der Waals surface area contributed by atoms with Crippen molar-refractivity contribution in [1.82, 2.24) is 19.6 Å². The molecule has 0 aliphatic carbocycles. The minimum Gasteiger partial charge on any atom is -0.340 e. The Morgan fingerprint density at radius 3 is 2.33 bits per heavy atom. The number of amides is 3. The Kier molecular flexibility index (Phi) is 4.81. The number of alkyl halides is 5. The van der Waals surface area contributed by atoms with Crippen molar-refractivity contribution < 1.29 is 59.2 Å². The fraction of sp³-hybridized carbons (Fsp3) is 0.548. The Balaban J connectivity index is 2.02. The molecule has 0 spiro atoms. The van der Waals surface area contributed by atoms with E-state index in [9.17, 15) is 35.9 Å². The van der Waals surface area contributed by atoms with E-state index in [1.807, 2.05) is 0 Å². The Morgan fingerprint density at radius 2 is 1.74 bits per heavy atom. The number of halogens is 6. The molecule has 2 heterocycles. The number of hydrogen-bond acceptors (Lipinski definition) is 3. The van der Waals surface area contributed by atoms with Crippen LogP contribution < -0.4 is 0 Å². The van der Waals surface area contributed by atoms with E-state index in [2.05, 4.69) is 0 Å². The lowest BCUT2D eigenvalue weighted by atomic mass is 9.88. The molecule has 0 aromatic heterocycles. The second-order valence-corrected chi connectivity index (χ2v) is 10.1. The first-order valence-electron chi connectivity index (χ1n) is 21.2. The lowest BCUT2D eigenvalue weighted by molar-refractivity contribution is -0.138. The Bertz CT molecular complexity index is 1930. The fourth-order valence-electron chi connectivity index (χ4n) is 4.75. The molecule has 2 saturated heterocycles. The molecule has 0 unspecified atom stereocenters. The zero-order valence-electron chi connectivity index (χ0n) is 39.7. The standard InChI is InChI=1S/C31H38F6N4O2/c1-19-14-25(32)6-7-27(19)28-18-26(40-12-10-39(11-13-40)21(3)42)8-9-41(28)29(43)38(5)20(2)22-15-23(30(4,33)34)17-24(16-22)31(35,36)37/h6-7,14-17,20,26,28H,8-13,18H2,1-5H3/t20-,26+,28-/m1/s1/i1D3,2D3,5D3,10D2,11D2,12D2,13D2. The molecular weight excluding hydrogens is 574 g/mol. The maximum absolute atomic E-state index is 14.8. The smallest absolute Gasteiger partial charge is 0.340 e. The first-order valence-corrected chi connectivity index (χ1v) is 12.7. The number of carbonyl (C=O) groups excluding carboxylic acids is 2. The fourth-order valence-corrected chi connectivity index (χ4v) is 4.75. The van der Waals surface area contributed by atoms with Crippen LogP contribution >= 0.6 is 0 Å². The second kappa shape index (κ2) is 12.4. The van der Waals surface area contributed by atoms with Crippen molar-refractivity contribution >= 4 is 11.9 Å². The van der Waals surface area contributed by atoms with Gasteiger partial charge in [-0.3, -0.25) is 9.69 Å². The highest BCUT2D eigenvalue weighted by Crippen LogP contribution is 2.39. The van der Waals surface area contributed by atoms with Gasteiger partial charge in [-0.2, -0.15) is 13.2 Å². The van der Waals surface area contributed by atoms with E-state index in [1.165, 1.54) is 0 Å². The van der Waals surface area contributed by atoms with Crippen LogP contribution in [0.4, 0.5) is 31.1 Å². The predicted molar refractivity (Wildman–Crippen MR) is 150 cm³/mol. The van der Waals surface area contributed by atoms with Crippen LogP contribution in [0.15, 0.2) is 36.4 Å². The van der Waals surface area contributed by atoms with Gasteiger partial charge in [0.1, 0.15) is 5.82 Å². The highest BCUT2D eigenvalue weighted by Gasteiger charge is 2.40. The lowest BCUT2D eigenvalue weighted by Gasteiger charge is -2.47. The van der Waals surface area contributed by atoms with Crippen molar-refractivity contribution in [3.63, 3.8) is 0 Å². The molecule has 6 nitrogen and oxygen atoms in total. The summed E-state index contributed by atoms with van der Waals surface area (Å²) in [6, 6.07) is -6.41. The van der Waals surface area contributed by atoms with E-state index in [1.54, 1.807) is 0 Å². The van der Waals surface area contributed by atoms with Crippen LogP contribution in [-0.4, -0.2) is 77.1 Å². The number of benzene rings is 2. The molecule has 12 heteroatoms. The normalized spacial score (nSPS) is 32.5. The van der Waals surface area contributed by atoms with Crippen molar-refractivity contribution in [3.05, 3.63) is 70.0 Å². The third kappa shape index (κ3) is 7.27. The molecule has 0 bridgehead atoms. The van der Waals surface area contributed by atoms with E-state index < -0.39 is 147 Å². The highest BCUT2D eigenvalue weighted by molar-refractivity contribution is 5.76. The Labute approximate surface area is 272 Å². The number of likely N-dealkylation sites (tertiary alicyclic amines) is 1. The Morgan fingerprint density at radius 1 is 1.05 bits per heavy atom. The van der Waals surface area contributed by atoms with E-state index >= 15 is 0 Å². The summed E-state index contributed by atoms with van der Waals surface area (Å²) in [6.07, 6.45) is -7.14. The summed E-state index contributed by atoms with van der Waals surface area (Å²) >= 11 is 0. The number of hydrogen-bond donors (Lipinski definition) is 0.